The molecule has 4 rings (SSSR count). The smallest absolute Gasteiger partial charge is 0.340 e. The Hall–Kier alpha value is -2.47. The second kappa shape index (κ2) is 5.03. The SMILES string of the molecule is CCOC(=O)c1ccccc1N1C(=O)[C@@H]2[C@H](C1=O)[C@H]1C=C[C@@H]2O1. The average Bonchev–Trinajstić information content (AvgIpc) is 3.22. The van der Waals surface area contributed by atoms with Crippen LogP contribution in [0.25, 0.3) is 0 Å². The van der Waals surface area contributed by atoms with E-state index in [1.807, 2.05) is 12.2 Å². The number of carbonyl (C=O) groups is 3. The van der Waals surface area contributed by atoms with Gasteiger partial charge in [0, 0.05) is 0 Å². The second-order valence-corrected chi connectivity index (χ2v) is 5.75. The number of fused-ring (bicyclic) bond motifs is 5. The van der Waals surface area contributed by atoms with Crippen LogP contribution in [0.3, 0.4) is 0 Å². The van der Waals surface area contributed by atoms with Gasteiger partial charge in [-0.3, -0.25) is 9.59 Å². The molecule has 6 nitrogen and oxygen atoms in total. The minimum Gasteiger partial charge on any atom is -0.462 e. The van der Waals surface area contributed by atoms with Gasteiger partial charge in [-0.1, -0.05) is 24.3 Å². The Bertz CT molecular complexity index is 710. The molecule has 6 heteroatoms. The van der Waals surface area contributed by atoms with Gasteiger partial charge < -0.3 is 9.47 Å². The van der Waals surface area contributed by atoms with Crippen molar-refractivity contribution in [2.45, 2.75) is 19.1 Å². The number of benzene rings is 1. The van der Waals surface area contributed by atoms with E-state index in [0.717, 1.165) is 4.90 Å². The van der Waals surface area contributed by atoms with Crippen LogP contribution < -0.4 is 4.90 Å². The van der Waals surface area contributed by atoms with Gasteiger partial charge in [-0.05, 0) is 19.1 Å². The average molecular weight is 313 g/mol. The van der Waals surface area contributed by atoms with Gasteiger partial charge in [0.25, 0.3) is 0 Å². The zero-order valence-electron chi connectivity index (χ0n) is 12.5. The molecule has 118 valence electrons. The summed E-state index contributed by atoms with van der Waals surface area (Å²) in [5, 5.41) is 0. The highest BCUT2D eigenvalue weighted by Crippen LogP contribution is 2.46. The number of para-hydroxylation sites is 1. The third-order valence-corrected chi connectivity index (χ3v) is 4.55. The van der Waals surface area contributed by atoms with Crippen LogP contribution in [0, 0.1) is 11.8 Å². The summed E-state index contributed by atoms with van der Waals surface area (Å²) >= 11 is 0. The van der Waals surface area contributed by atoms with Crippen LogP contribution in [0.4, 0.5) is 5.69 Å². The molecule has 0 unspecified atom stereocenters. The van der Waals surface area contributed by atoms with Gasteiger partial charge in [-0.25, -0.2) is 9.69 Å². The van der Waals surface area contributed by atoms with E-state index in [4.69, 9.17) is 9.47 Å². The number of hydrogen-bond donors (Lipinski definition) is 0. The number of imide groups is 1. The molecule has 0 aromatic heterocycles. The fourth-order valence-corrected chi connectivity index (χ4v) is 3.59. The highest BCUT2D eigenvalue weighted by molar-refractivity contribution is 6.24. The third kappa shape index (κ3) is 1.88. The first-order valence-corrected chi connectivity index (χ1v) is 7.61. The van der Waals surface area contributed by atoms with Crippen molar-refractivity contribution in [1.29, 1.82) is 0 Å². The fourth-order valence-electron chi connectivity index (χ4n) is 3.59. The lowest BCUT2D eigenvalue weighted by atomic mass is 9.85. The summed E-state index contributed by atoms with van der Waals surface area (Å²) in [6.45, 7) is 1.93. The summed E-state index contributed by atoms with van der Waals surface area (Å²) in [4.78, 5) is 38.8. The molecule has 2 saturated heterocycles. The van der Waals surface area contributed by atoms with Gasteiger partial charge in [0.15, 0.2) is 0 Å². The van der Waals surface area contributed by atoms with Crippen molar-refractivity contribution in [3.63, 3.8) is 0 Å². The number of rotatable bonds is 3. The normalized spacial score (nSPS) is 30.9. The van der Waals surface area contributed by atoms with Crippen molar-refractivity contribution in [2.75, 3.05) is 11.5 Å². The predicted octanol–water partition coefficient (Wildman–Crippen LogP) is 1.31. The topological polar surface area (TPSA) is 72.9 Å². The minimum atomic E-state index is -0.543. The Morgan fingerprint density at radius 2 is 1.74 bits per heavy atom. The van der Waals surface area contributed by atoms with Gasteiger partial charge >= 0.3 is 5.97 Å². The van der Waals surface area contributed by atoms with E-state index >= 15 is 0 Å². The van der Waals surface area contributed by atoms with Crippen molar-refractivity contribution >= 4 is 23.5 Å². The van der Waals surface area contributed by atoms with E-state index in [1.165, 1.54) is 0 Å². The van der Waals surface area contributed by atoms with E-state index in [-0.39, 0.29) is 41.9 Å². The number of carbonyl (C=O) groups excluding carboxylic acids is 3. The molecule has 2 amide bonds. The number of hydrogen-bond acceptors (Lipinski definition) is 5. The molecular weight excluding hydrogens is 298 g/mol. The largest absolute Gasteiger partial charge is 0.462 e. The Labute approximate surface area is 132 Å². The number of amides is 2. The van der Waals surface area contributed by atoms with E-state index < -0.39 is 17.8 Å². The van der Waals surface area contributed by atoms with E-state index in [1.54, 1.807) is 31.2 Å². The second-order valence-electron chi connectivity index (χ2n) is 5.75. The van der Waals surface area contributed by atoms with Crippen molar-refractivity contribution in [3.05, 3.63) is 42.0 Å². The summed E-state index contributed by atoms with van der Waals surface area (Å²) in [5.74, 6) is -2.15. The summed E-state index contributed by atoms with van der Waals surface area (Å²) in [7, 11) is 0. The summed E-state index contributed by atoms with van der Waals surface area (Å²) in [5.41, 5.74) is 0.506. The lowest BCUT2D eigenvalue weighted by Crippen LogP contribution is -2.35. The zero-order valence-corrected chi connectivity index (χ0v) is 12.5. The first kappa shape index (κ1) is 14.1. The third-order valence-electron chi connectivity index (χ3n) is 4.55. The zero-order chi connectivity index (χ0) is 16.1. The number of nitrogens with zero attached hydrogens (tertiary/aromatic N) is 1. The maximum atomic E-state index is 12.8. The highest BCUT2D eigenvalue weighted by Gasteiger charge is 2.61. The van der Waals surface area contributed by atoms with Gasteiger partial charge in [0.2, 0.25) is 11.8 Å². The Kier molecular flexibility index (Phi) is 3.09. The maximum absolute atomic E-state index is 12.8. The fraction of sp³-hybridized carbons (Fsp3) is 0.353. The molecule has 4 atom stereocenters. The predicted molar refractivity (Wildman–Crippen MR) is 79.7 cm³/mol. The minimum absolute atomic E-state index is 0.220. The lowest BCUT2D eigenvalue weighted by Gasteiger charge is -2.20. The molecule has 3 heterocycles. The van der Waals surface area contributed by atoms with Crippen LogP contribution in [-0.4, -0.2) is 36.6 Å². The molecule has 0 spiro atoms. The van der Waals surface area contributed by atoms with Crippen LogP contribution in [0.2, 0.25) is 0 Å². The van der Waals surface area contributed by atoms with E-state index in [2.05, 4.69) is 0 Å². The standard InChI is InChI=1S/C17H15NO5/c1-2-22-17(21)9-5-3-4-6-10(9)18-15(19)13-11-7-8-12(23-11)14(13)16(18)20/h3-8,11-14H,2H2,1H3/t11-,12+,13-,14+. The Morgan fingerprint density at radius 1 is 1.13 bits per heavy atom. The van der Waals surface area contributed by atoms with E-state index in [9.17, 15) is 14.4 Å². The molecular formula is C17H15NO5. The van der Waals surface area contributed by atoms with Crippen LogP contribution in [0.15, 0.2) is 36.4 Å². The molecule has 2 bridgehead atoms. The van der Waals surface area contributed by atoms with Crippen molar-refractivity contribution < 1.29 is 23.9 Å². The molecule has 3 aliphatic rings. The summed E-state index contributed by atoms with van der Waals surface area (Å²) in [6, 6.07) is 6.52. The Morgan fingerprint density at radius 3 is 2.35 bits per heavy atom. The maximum Gasteiger partial charge on any atom is 0.340 e. The molecule has 0 N–H and O–H groups in total. The van der Waals surface area contributed by atoms with Crippen LogP contribution in [0.1, 0.15) is 17.3 Å². The van der Waals surface area contributed by atoms with Crippen LogP contribution in [-0.2, 0) is 19.1 Å². The highest BCUT2D eigenvalue weighted by atomic mass is 16.5. The van der Waals surface area contributed by atoms with Crippen molar-refractivity contribution in [3.8, 4) is 0 Å². The molecule has 2 fully saturated rings. The lowest BCUT2D eigenvalue weighted by molar-refractivity contribution is -0.124. The molecule has 23 heavy (non-hydrogen) atoms. The Balaban J connectivity index is 1.74. The monoisotopic (exact) mass is 313 g/mol. The molecule has 0 saturated carbocycles. The van der Waals surface area contributed by atoms with Crippen molar-refractivity contribution in [2.24, 2.45) is 11.8 Å². The molecule has 3 aliphatic heterocycles. The quantitative estimate of drug-likeness (QED) is 0.478. The summed E-state index contributed by atoms with van der Waals surface area (Å²) in [6.07, 6.45) is 2.97. The molecule has 0 radical (unpaired) electrons. The van der Waals surface area contributed by atoms with E-state index in [0.29, 0.717) is 0 Å². The molecule has 1 aromatic rings. The van der Waals surface area contributed by atoms with Gasteiger partial charge in [-0.2, -0.15) is 0 Å². The van der Waals surface area contributed by atoms with Gasteiger partial charge in [0.1, 0.15) is 0 Å². The molecule has 0 aliphatic carbocycles. The van der Waals surface area contributed by atoms with Crippen LogP contribution in [0.5, 0.6) is 0 Å². The number of anilines is 1. The van der Waals surface area contributed by atoms with Crippen LogP contribution >= 0.6 is 0 Å². The first-order valence-electron chi connectivity index (χ1n) is 7.61. The number of esters is 1. The van der Waals surface area contributed by atoms with Gasteiger partial charge in [0.05, 0.1) is 41.9 Å². The summed E-state index contributed by atoms with van der Waals surface area (Å²) < 4.78 is 10.6. The molecule has 1 aromatic carbocycles. The van der Waals surface area contributed by atoms with Gasteiger partial charge in [-0.15, -0.1) is 0 Å². The number of ether oxygens (including phenoxy) is 2. The first-order chi connectivity index (χ1) is 11.1. The van der Waals surface area contributed by atoms with Crippen molar-refractivity contribution in [1.82, 2.24) is 0 Å².